The summed E-state index contributed by atoms with van der Waals surface area (Å²) in [6.07, 6.45) is 7.00. The molecular weight excluding hydrogens is 338 g/mol. The number of pyridine rings is 2. The van der Waals surface area contributed by atoms with Crippen LogP contribution in [0.5, 0.6) is 0 Å². The van der Waals surface area contributed by atoms with E-state index in [0.717, 1.165) is 44.9 Å². The Hall–Kier alpha value is -3.61. The fourth-order valence-electron chi connectivity index (χ4n) is 3.45. The molecule has 0 unspecified atom stereocenters. The first-order valence-corrected chi connectivity index (χ1v) is 8.70. The number of aryl methyl sites for hydroxylation is 2. The van der Waals surface area contributed by atoms with Crippen LogP contribution in [0.15, 0.2) is 49.2 Å². The van der Waals surface area contributed by atoms with E-state index in [4.69, 9.17) is 4.98 Å². The Morgan fingerprint density at radius 2 is 1.70 bits per heavy atom. The summed E-state index contributed by atoms with van der Waals surface area (Å²) in [5.41, 5.74) is 5.88. The van der Waals surface area contributed by atoms with Crippen molar-refractivity contribution in [3.63, 3.8) is 0 Å². The van der Waals surface area contributed by atoms with Gasteiger partial charge in [-0.1, -0.05) is 6.07 Å². The van der Waals surface area contributed by atoms with Crippen LogP contribution in [0.4, 0.5) is 0 Å². The summed E-state index contributed by atoms with van der Waals surface area (Å²) in [5.74, 6) is 1.55. The molecule has 0 atom stereocenters. The molecule has 5 aromatic heterocycles. The second kappa shape index (κ2) is 5.70. The van der Waals surface area contributed by atoms with Gasteiger partial charge >= 0.3 is 0 Å². The van der Waals surface area contributed by atoms with Crippen LogP contribution < -0.4 is 0 Å². The molecule has 132 valence electrons. The quantitative estimate of drug-likeness (QED) is 0.485. The molecule has 0 fully saturated rings. The fourth-order valence-corrected chi connectivity index (χ4v) is 3.45. The van der Waals surface area contributed by atoms with Crippen molar-refractivity contribution in [1.82, 2.24) is 34.1 Å². The van der Waals surface area contributed by atoms with E-state index in [-0.39, 0.29) is 0 Å². The molecule has 0 aromatic carbocycles. The molecule has 5 heterocycles. The van der Waals surface area contributed by atoms with Crippen molar-refractivity contribution in [2.24, 2.45) is 0 Å². The van der Waals surface area contributed by atoms with Crippen molar-refractivity contribution in [3.05, 3.63) is 66.0 Å². The first-order valence-electron chi connectivity index (χ1n) is 8.70. The average molecular weight is 355 g/mol. The summed E-state index contributed by atoms with van der Waals surface area (Å²) in [7, 11) is 0. The minimum absolute atomic E-state index is 0.658. The molecule has 0 bridgehead atoms. The Kier molecular flexibility index (Phi) is 3.30. The van der Waals surface area contributed by atoms with Crippen LogP contribution in [0.3, 0.4) is 0 Å². The predicted octanol–water partition coefficient (Wildman–Crippen LogP) is 3.45. The molecule has 7 heteroatoms. The highest BCUT2D eigenvalue weighted by Gasteiger charge is 2.20. The number of rotatable bonds is 2. The van der Waals surface area contributed by atoms with Crippen LogP contribution in [0.1, 0.15) is 16.8 Å². The highest BCUT2D eigenvalue weighted by molar-refractivity contribution is 5.95. The largest absolute Gasteiger partial charge is 0.282 e. The first kappa shape index (κ1) is 15.6. The summed E-state index contributed by atoms with van der Waals surface area (Å²) in [6, 6.07) is 7.80. The molecule has 0 amide bonds. The molecule has 0 aliphatic heterocycles. The molecule has 0 spiro atoms. The lowest BCUT2D eigenvalue weighted by molar-refractivity contribution is 0.915. The molecule has 0 aliphatic carbocycles. The Morgan fingerprint density at radius 3 is 2.48 bits per heavy atom. The molecule has 7 nitrogen and oxygen atoms in total. The second-order valence-corrected chi connectivity index (χ2v) is 6.57. The second-order valence-electron chi connectivity index (χ2n) is 6.57. The number of hydrogen-bond acceptors (Lipinski definition) is 5. The maximum Gasteiger partial charge on any atom is 0.182 e. The number of fused-ring (bicyclic) bond motifs is 3. The molecular formula is C20H17N7. The van der Waals surface area contributed by atoms with Gasteiger partial charge in [0, 0.05) is 29.8 Å². The summed E-state index contributed by atoms with van der Waals surface area (Å²) in [4.78, 5) is 18.1. The summed E-state index contributed by atoms with van der Waals surface area (Å²) < 4.78 is 3.83. The zero-order valence-corrected chi connectivity index (χ0v) is 15.2. The molecule has 5 rings (SSSR count). The molecule has 0 saturated heterocycles. The Morgan fingerprint density at radius 1 is 0.889 bits per heavy atom. The van der Waals surface area contributed by atoms with E-state index in [1.165, 1.54) is 0 Å². The summed E-state index contributed by atoms with van der Waals surface area (Å²) >= 11 is 0. The normalized spacial score (nSPS) is 11.5. The van der Waals surface area contributed by atoms with Gasteiger partial charge in [-0.2, -0.15) is 0 Å². The van der Waals surface area contributed by atoms with Crippen molar-refractivity contribution in [3.8, 4) is 17.2 Å². The van der Waals surface area contributed by atoms with Gasteiger partial charge in [-0.15, -0.1) is 5.10 Å². The molecule has 0 radical (unpaired) electrons. The third kappa shape index (κ3) is 2.25. The van der Waals surface area contributed by atoms with E-state index >= 15 is 0 Å². The molecule has 0 aliphatic rings. The van der Waals surface area contributed by atoms with Crippen molar-refractivity contribution < 1.29 is 0 Å². The zero-order valence-electron chi connectivity index (χ0n) is 15.2. The lowest BCUT2D eigenvalue weighted by atomic mass is 10.2. The average Bonchev–Trinajstić information content (AvgIpc) is 3.23. The molecule has 0 N–H and O–H groups in total. The number of nitrogens with zero attached hydrogens (tertiary/aromatic N) is 7. The molecule has 27 heavy (non-hydrogen) atoms. The van der Waals surface area contributed by atoms with Crippen molar-refractivity contribution >= 4 is 16.7 Å². The lowest BCUT2D eigenvalue weighted by Crippen LogP contribution is -2.03. The highest BCUT2D eigenvalue weighted by atomic mass is 15.3. The van der Waals surface area contributed by atoms with Crippen molar-refractivity contribution in [2.75, 3.05) is 0 Å². The maximum absolute atomic E-state index is 4.79. The van der Waals surface area contributed by atoms with Gasteiger partial charge in [0.05, 0.1) is 5.39 Å². The van der Waals surface area contributed by atoms with Gasteiger partial charge < -0.3 is 0 Å². The Bertz CT molecular complexity index is 1300. The molecule has 0 saturated carbocycles. The SMILES string of the molecule is Cc1cccnc1-n1c(C)c(C)c2c1ncn1nc(-c3ccncc3)nc21. The van der Waals surface area contributed by atoms with Crippen LogP contribution in [0, 0.1) is 20.8 Å². The molecule has 5 aromatic rings. The van der Waals surface area contributed by atoms with Gasteiger partial charge in [-0.05, 0) is 50.1 Å². The van der Waals surface area contributed by atoms with Crippen molar-refractivity contribution in [2.45, 2.75) is 20.8 Å². The predicted molar refractivity (Wildman–Crippen MR) is 103 cm³/mol. The third-order valence-corrected chi connectivity index (χ3v) is 4.96. The van der Waals surface area contributed by atoms with E-state index in [1.807, 2.05) is 18.2 Å². The van der Waals surface area contributed by atoms with Gasteiger partial charge in [0.1, 0.15) is 12.1 Å². The van der Waals surface area contributed by atoms with Crippen LogP contribution in [0.2, 0.25) is 0 Å². The Labute approximate surface area is 155 Å². The smallest absolute Gasteiger partial charge is 0.182 e. The summed E-state index contributed by atoms with van der Waals surface area (Å²) in [6.45, 7) is 6.23. The van der Waals surface area contributed by atoms with Gasteiger partial charge in [0.2, 0.25) is 0 Å². The van der Waals surface area contributed by atoms with E-state index in [2.05, 4.69) is 51.5 Å². The van der Waals surface area contributed by atoms with Gasteiger partial charge in [0.15, 0.2) is 17.1 Å². The number of aromatic nitrogens is 7. The van der Waals surface area contributed by atoms with E-state index in [9.17, 15) is 0 Å². The van der Waals surface area contributed by atoms with E-state index in [0.29, 0.717) is 5.82 Å². The zero-order chi connectivity index (χ0) is 18.5. The van der Waals surface area contributed by atoms with Gasteiger partial charge in [-0.25, -0.2) is 19.5 Å². The van der Waals surface area contributed by atoms with Crippen LogP contribution in [0.25, 0.3) is 33.9 Å². The van der Waals surface area contributed by atoms with Crippen LogP contribution >= 0.6 is 0 Å². The number of hydrogen-bond donors (Lipinski definition) is 0. The monoisotopic (exact) mass is 355 g/mol. The van der Waals surface area contributed by atoms with Crippen LogP contribution in [-0.4, -0.2) is 34.1 Å². The lowest BCUT2D eigenvalue weighted by Gasteiger charge is -2.09. The Balaban J connectivity index is 1.84. The van der Waals surface area contributed by atoms with Crippen LogP contribution in [-0.2, 0) is 0 Å². The van der Waals surface area contributed by atoms with Gasteiger partial charge in [-0.3, -0.25) is 9.55 Å². The van der Waals surface area contributed by atoms with Gasteiger partial charge in [0.25, 0.3) is 0 Å². The summed E-state index contributed by atoms with van der Waals surface area (Å²) in [5, 5.41) is 5.59. The van der Waals surface area contributed by atoms with E-state index < -0.39 is 0 Å². The minimum atomic E-state index is 0.658. The fraction of sp³-hybridized carbons (Fsp3) is 0.150. The first-order chi connectivity index (χ1) is 13.1. The van der Waals surface area contributed by atoms with E-state index in [1.54, 1.807) is 29.4 Å². The maximum atomic E-state index is 4.79. The standard InChI is InChI=1S/C20H17N7/c1-12-5-4-8-22-18(12)27-14(3)13(2)16-19(27)23-11-26-20(16)24-17(25-26)15-6-9-21-10-7-15/h4-11H,1-3H3. The topological polar surface area (TPSA) is 73.8 Å². The minimum Gasteiger partial charge on any atom is -0.282 e. The third-order valence-electron chi connectivity index (χ3n) is 4.96. The van der Waals surface area contributed by atoms with Crippen molar-refractivity contribution in [1.29, 1.82) is 0 Å². The highest BCUT2D eigenvalue weighted by Crippen LogP contribution is 2.30.